The Labute approximate surface area is 191 Å². The summed E-state index contributed by atoms with van der Waals surface area (Å²) in [5.41, 5.74) is 1.77. The summed E-state index contributed by atoms with van der Waals surface area (Å²) in [6.45, 7) is 3.26. The van der Waals surface area contributed by atoms with Crippen LogP contribution in [0.15, 0.2) is 39.2 Å². The molecule has 0 saturated heterocycles. The van der Waals surface area contributed by atoms with Crippen molar-refractivity contribution in [3.8, 4) is 0 Å². The summed E-state index contributed by atoms with van der Waals surface area (Å²) in [6.07, 6.45) is 3.82. The van der Waals surface area contributed by atoms with E-state index >= 15 is 0 Å². The van der Waals surface area contributed by atoms with Gasteiger partial charge in [0.25, 0.3) is 5.91 Å². The summed E-state index contributed by atoms with van der Waals surface area (Å²) in [6, 6.07) is 8.64. The van der Waals surface area contributed by atoms with Crippen molar-refractivity contribution in [3.63, 3.8) is 0 Å². The molecule has 32 heavy (non-hydrogen) atoms. The molecule has 2 heterocycles. The number of amides is 1. The van der Waals surface area contributed by atoms with Gasteiger partial charge in [0.05, 0.1) is 5.25 Å². The molecule has 1 amide bonds. The van der Waals surface area contributed by atoms with Gasteiger partial charge in [-0.25, -0.2) is 13.4 Å². The minimum absolute atomic E-state index is 0.0961. The maximum atomic E-state index is 12.5. The van der Waals surface area contributed by atoms with Crippen molar-refractivity contribution < 1.29 is 22.0 Å². The van der Waals surface area contributed by atoms with Gasteiger partial charge in [-0.05, 0) is 75.3 Å². The van der Waals surface area contributed by atoms with Crippen molar-refractivity contribution in [1.29, 1.82) is 0 Å². The van der Waals surface area contributed by atoms with Crippen molar-refractivity contribution in [1.82, 2.24) is 10.3 Å². The van der Waals surface area contributed by atoms with E-state index < -0.39 is 15.1 Å². The largest absolute Gasteiger partial charge is 0.455 e. The Balaban J connectivity index is 1.13. The zero-order chi connectivity index (χ0) is 22.7. The number of sulfone groups is 1. The quantitative estimate of drug-likeness (QED) is 0.545. The minimum atomic E-state index is -3.28. The highest BCUT2D eigenvalue weighted by Crippen LogP contribution is 2.61. The van der Waals surface area contributed by atoms with Crippen LogP contribution in [0.2, 0.25) is 5.02 Å². The first-order chi connectivity index (χ1) is 15.1. The lowest BCUT2D eigenvalue weighted by atomic mass is 9.50. The molecule has 2 fully saturated rings. The zero-order valence-electron chi connectivity index (χ0n) is 17.9. The topological polar surface area (TPSA) is 102 Å². The third-order valence-electron chi connectivity index (χ3n) is 6.72. The molecule has 2 aliphatic rings. The van der Waals surface area contributed by atoms with Crippen LogP contribution < -0.4 is 5.32 Å². The fourth-order valence-corrected chi connectivity index (χ4v) is 5.92. The predicted molar refractivity (Wildman–Crippen MR) is 120 cm³/mol. The molecular formula is C23H25ClN2O5S. The molecule has 2 saturated carbocycles. The second-order valence-corrected chi connectivity index (χ2v) is 12.5. The van der Waals surface area contributed by atoms with Gasteiger partial charge in [-0.15, -0.1) is 0 Å². The van der Waals surface area contributed by atoms with Crippen LogP contribution in [0.25, 0.3) is 11.1 Å². The highest BCUT2D eigenvalue weighted by atomic mass is 35.5. The third kappa shape index (κ3) is 3.94. The number of nitrogens with one attached hydrogen (secondary N) is 1. The molecule has 9 heteroatoms. The molecule has 0 atom stereocenters. The fourth-order valence-electron chi connectivity index (χ4n) is 4.87. The van der Waals surface area contributed by atoms with Gasteiger partial charge in [-0.2, -0.15) is 0 Å². The molecule has 2 aromatic heterocycles. The number of carbonyl (C=O) groups excluding carboxylic acids is 1. The molecule has 3 aromatic rings. The fraction of sp³-hybridized carbons (Fsp3) is 0.478. The number of aromatic nitrogens is 1. The molecule has 5 rings (SSSR count). The monoisotopic (exact) mass is 476 g/mol. The number of furan rings is 1. The summed E-state index contributed by atoms with van der Waals surface area (Å²) in [5.74, 6) is 0.998. The van der Waals surface area contributed by atoms with Gasteiger partial charge in [0.2, 0.25) is 0 Å². The first-order valence-corrected chi connectivity index (χ1v) is 12.9. The highest BCUT2D eigenvalue weighted by molar-refractivity contribution is 7.91. The summed E-state index contributed by atoms with van der Waals surface area (Å²) in [7, 11) is -3.28. The number of fused-ring (bicyclic) bond motifs is 1. The molecule has 1 spiro atoms. The van der Waals surface area contributed by atoms with Gasteiger partial charge in [0, 0.05) is 17.0 Å². The lowest BCUT2D eigenvalue weighted by Crippen LogP contribution is -2.55. The van der Waals surface area contributed by atoms with Crippen molar-refractivity contribution in [2.75, 3.05) is 0 Å². The maximum Gasteiger partial charge on any atom is 0.287 e. The normalized spacial score (nSPS) is 25.1. The summed E-state index contributed by atoms with van der Waals surface area (Å²) < 4.78 is 35.5. The van der Waals surface area contributed by atoms with Crippen LogP contribution in [0.5, 0.6) is 0 Å². The molecule has 0 bridgehead atoms. The molecule has 170 valence electrons. The SMILES string of the molecule is CC(C)S(=O)(=O)Cc1ccc(C(=O)NC2CC3(C2)CC(c2nc4cc(Cl)ccc4o2)C3)o1. The van der Waals surface area contributed by atoms with Crippen molar-refractivity contribution in [2.24, 2.45) is 5.41 Å². The van der Waals surface area contributed by atoms with Crippen molar-refractivity contribution >= 4 is 38.4 Å². The molecule has 2 aliphatic carbocycles. The van der Waals surface area contributed by atoms with Crippen LogP contribution in [-0.4, -0.2) is 30.6 Å². The second-order valence-electron chi connectivity index (χ2n) is 9.47. The van der Waals surface area contributed by atoms with E-state index in [9.17, 15) is 13.2 Å². The smallest absolute Gasteiger partial charge is 0.287 e. The van der Waals surface area contributed by atoms with Crippen LogP contribution in [0.4, 0.5) is 0 Å². The van der Waals surface area contributed by atoms with Gasteiger partial charge >= 0.3 is 0 Å². The summed E-state index contributed by atoms with van der Waals surface area (Å²) in [4.78, 5) is 17.1. The van der Waals surface area contributed by atoms with Gasteiger partial charge in [0.1, 0.15) is 17.0 Å². The lowest BCUT2D eigenvalue weighted by molar-refractivity contribution is -0.0256. The molecule has 1 N–H and O–H groups in total. The molecule has 0 unspecified atom stereocenters. The van der Waals surface area contributed by atoms with E-state index in [-0.39, 0.29) is 34.6 Å². The third-order valence-corrected chi connectivity index (χ3v) is 9.07. The van der Waals surface area contributed by atoms with E-state index in [2.05, 4.69) is 10.3 Å². The zero-order valence-corrected chi connectivity index (χ0v) is 19.5. The number of rotatable bonds is 6. The van der Waals surface area contributed by atoms with Gasteiger partial charge in [-0.3, -0.25) is 4.79 Å². The van der Waals surface area contributed by atoms with Crippen molar-refractivity contribution in [3.05, 3.63) is 52.8 Å². The molecule has 7 nitrogen and oxygen atoms in total. The van der Waals surface area contributed by atoms with Crippen LogP contribution in [0, 0.1) is 5.41 Å². The Morgan fingerprint density at radius 2 is 1.94 bits per heavy atom. The number of nitrogens with zero attached hydrogens (tertiary/aromatic N) is 1. The Morgan fingerprint density at radius 3 is 2.66 bits per heavy atom. The number of halogens is 1. The van der Waals surface area contributed by atoms with Crippen LogP contribution in [0.1, 0.15) is 67.7 Å². The first-order valence-electron chi connectivity index (χ1n) is 10.8. The van der Waals surface area contributed by atoms with Gasteiger partial charge in [-0.1, -0.05) is 11.6 Å². The van der Waals surface area contributed by atoms with Crippen LogP contribution in [-0.2, 0) is 15.6 Å². The van der Waals surface area contributed by atoms with E-state index in [0.29, 0.717) is 10.9 Å². The van der Waals surface area contributed by atoms with Crippen LogP contribution in [0.3, 0.4) is 0 Å². The standard InChI is InChI=1S/C23H25ClN2O5S/c1-13(2)32(28,29)12-17-4-6-20(30-17)21(27)25-16-10-23(11-16)8-14(9-23)22-26-18-7-15(24)3-5-19(18)31-22/h3-7,13-14,16H,8-12H2,1-2H3,(H,25,27). The Bertz CT molecular complexity index is 1280. The summed E-state index contributed by atoms with van der Waals surface area (Å²) in [5, 5.41) is 3.15. The van der Waals surface area contributed by atoms with E-state index in [1.165, 1.54) is 6.07 Å². The van der Waals surface area contributed by atoms with Crippen LogP contribution >= 0.6 is 11.6 Å². The molecular weight excluding hydrogens is 452 g/mol. The minimum Gasteiger partial charge on any atom is -0.455 e. The van der Waals surface area contributed by atoms with E-state index in [0.717, 1.165) is 42.7 Å². The van der Waals surface area contributed by atoms with Gasteiger partial charge in [0.15, 0.2) is 27.1 Å². The van der Waals surface area contributed by atoms with E-state index in [1.807, 2.05) is 12.1 Å². The number of hydrogen-bond donors (Lipinski definition) is 1. The molecule has 0 radical (unpaired) electrons. The predicted octanol–water partition coefficient (Wildman–Crippen LogP) is 4.85. The Hall–Kier alpha value is -2.32. The Kier molecular flexibility index (Phi) is 5.13. The van der Waals surface area contributed by atoms with E-state index in [4.69, 9.17) is 20.4 Å². The highest BCUT2D eigenvalue weighted by Gasteiger charge is 2.54. The van der Waals surface area contributed by atoms with Crippen molar-refractivity contribution in [2.45, 2.75) is 62.5 Å². The molecule has 0 aliphatic heterocycles. The lowest BCUT2D eigenvalue weighted by Gasteiger charge is -2.57. The average molecular weight is 477 g/mol. The number of benzene rings is 1. The summed E-state index contributed by atoms with van der Waals surface area (Å²) >= 11 is 6.03. The second kappa shape index (κ2) is 7.63. The van der Waals surface area contributed by atoms with Gasteiger partial charge < -0.3 is 14.2 Å². The Morgan fingerprint density at radius 1 is 1.19 bits per heavy atom. The maximum absolute atomic E-state index is 12.5. The average Bonchev–Trinajstić information content (AvgIpc) is 3.28. The van der Waals surface area contributed by atoms with E-state index in [1.54, 1.807) is 26.0 Å². The number of carbonyl (C=O) groups is 1. The first kappa shape index (κ1) is 21.5. The molecule has 1 aromatic carbocycles. The number of oxazole rings is 1. The number of hydrogen-bond acceptors (Lipinski definition) is 6.